The molecule has 2 atom stereocenters. The zero-order chi connectivity index (χ0) is 20.0. The minimum atomic E-state index is -4.42. The van der Waals surface area contributed by atoms with Crippen molar-refractivity contribution in [3.8, 4) is 11.5 Å². The Hall–Kier alpha value is -1.67. The third-order valence-electron chi connectivity index (χ3n) is 4.72. The summed E-state index contributed by atoms with van der Waals surface area (Å²) in [6.45, 7) is 1.26. The summed E-state index contributed by atoms with van der Waals surface area (Å²) in [5.41, 5.74) is 6.81. The molecule has 0 radical (unpaired) electrons. The number of hydrogen-bond donors (Lipinski definition) is 1. The highest BCUT2D eigenvalue weighted by atomic mass is 35.5. The fourth-order valence-corrected chi connectivity index (χ4v) is 3.35. The van der Waals surface area contributed by atoms with Crippen molar-refractivity contribution in [2.45, 2.75) is 57.3 Å². The van der Waals surface area contributed by atoms with Crippen molar-refractivity contribution in [3.63, 3.8) is 0 Å². The van der Waals surface area contributed by atoms with Crippen LogP contribution in [-0.2, 0) is 11.2 Å². The second-order valence-electron chi connectivity index (χ2n) is 6.90. The number of methoxy groups -OCH3 is 1. The van der Waals surface area contributed by atoms with Crippen LogP contribution in [0.5, 0.6) is 11.5 Å². The summed E-state index contributed by atoms with van der Waals surface area (Å²) < 4.78 is 46.8. The van der Waals surface area contributed by atoms with Crippen molar-refractivity contribution < 1.29 is 27.4 Å². The Morgan fingerprint density at radius 3 is 2.64 bits per heavy atom. The summed E-state index contributed by atoms with van der Waals surface area (Å²) in [5, 5.41) is 0. The molecule has 0 spiro atoms. The number of amides is 1. The Kier molecular flexibility index (Phi) is 9.36. The quantitative estimate of drug-likeness (QED) is 0.724. The molecule has 160 valence electrons. The van der Waals surface area contributed by atoms with Gasteiger partial charge < -0.3 is 20.1 Å². The molecule has 0 saturated carbocycles. The van der Waals surface area contributed by atoms with Crippen LogP contribution < -0.4 is 15.2 Å². The van der Waals surface area contributed by atoms with E-state index in [1.54, 1.807) is 12.1 Å². The van der Waals surface area contributed by atoms with E-state index in [-0.39, 0.29) is 41.9 Å². The molecule has 9 heteroatoms. The Morgan fingerprint density at radius 1 is 1.32 bits per heavy atom. The van der Waals surface area contributed by atoms with Crippen LogP contribution in [0.4, 0.5) is 13.2 Å². The topological polar surface area (TPSA) is 64.8 Å². The van der Waals surface area contributed by atoms with Crippen molar-refractivity contribution >= 4 is 18.3 Å². The SMILES string of the molecule is COc1cc(CCC(=O)N2CCCCC2C(C)N)ccc1OCC(F)(F)F.Cl. The van der Waals surface area contributed by atoms with Crippen LogP contribution in [0.15, 0.2) is 18.2 Å². The Morgan fingerprint density at radius 2 is 2.04 bits per heavy atom. The van der Waals surface area contributed by atoms with E-state index < -0.39 is 12.8 Å². The minimum Gasteiger partial charge on any atom is -0.493 e. The fraction of sp³-hybridized carbons (Fsp3) is 0.632. The van der Waals surface area contributed by atoms with E-state index in [0.29, 0.717) is 12.8 Å². The second kappa shape index (κ2) is 10.8. The molecule has 5 nitrogen and oxygen atoms in total. The molecule has 1 amide bonds. The summed E-state index contributed by atoms with van der Waals surface area (Å²) in [6.07, 6.45) is -0.656. The maximum atomic E-state index is 12.6. The highest BCUT2D eigenvalue weighted by Gasteiger charge is 2.30. The normalized spacial score (nSPS) is 18.2. The largest absolute Gasteiger partial charge is 0.493 e. The number of piperidine rings is 1. The number of carbonyl (C=O) groups is 1. The van der Waals surface area contributed by atoms with Gasteiger partial charge in [-0.05, 0) is 50.3 Å². The summed E-state index contributed by atoms with van der Waals surface area (Å²) in [7, 11) is 1.37. The van der Waals surface area contributed by atoms with Crippen molar-refractivity contribution in [2.24, 2.45) is 5.73 Å². The van der Waals surface area contributed by atoms with Crippen LogP contribution in [0.1, 0.15) is 38.2 Å². The van der Waals surface area contributed by atoms with E-state index in [9.17, 15) is 18.0 Å². The lowest BCUT2D eigenvalue weighted by molar-refractivity contribution is -0.153. The number of ether oxygens (including phenoxy) is 2. The molecule has 1 aliphatic heterocycles. The maximum Gasteiger partial charge on any atom is 0.422 e. The Labute approximate surface area is 169 Å². The highest BCUT2D eigenvalue weighted by molar-refractivity contribution is 5.85. The van der Waals surface area contributed by atoms with Crippen LogP contribution in [0.3, 0.4) is 0 Å². The van der Waals surface area contributed by atoms with E-state index in [4.69, 9.17) is 15.2 Å². The first-order chi connectivity index (χ1) is 12.7. The Balaban J connectivity index is 0.00000392. The van der Waals surface area contributed by atoms with Gasteiger partial charge in [0.05, 0.1) is 7.11 Å². The summed E-state index contributed by atoms with van der Waals surface area (Å²) in [5.74, 6) is 0.293. The molecule has 0 aliphatic carbocycles. The van der Waals surface area contributed by atoms with Gasteiger partial charge in [-0.3, -0.25) is 4.79 Å². The fourth-order valence-electron chi connectivity index (χ4n) is 3.35. The van der Waals surface area contributed by atoms with Crippen LogP contribution in [0.25, 0.3) is 0 Å². The molecule has 0 aromatic heterocycles. The van der Waals surface area contributed by atoms with Crippen LogP contribution >= 0.6 is 12.4 Å². The zero-order valence-electron chi connectivity index (χ0n) is 16.1. The van der Waals surface area contributed by atoms with E-state index >= 15 is 0 Å². The smallest absolute Gasteiger partial charge is 0.422 e. The van der Waals surface area contributed by atoms with Crippen LogP contribution in [0, 0.1) is 0 Å². The van der Waals surface area contributed by atoms with Crippen molar-refractivity contribution in [2.75, 3.05) is 20.3 Å². The number of alkyl halides is 3. The predicted molar refractivity (Wildman–Crippen MR) is 103 cm³/mol. The number of likely N-dealkylation sites (tertiary alicyclic amines) is 1. The van der Waals surface area contributed by atoms with Gasteiger partial charge in [0.1, 0.15) is 0 Å². The van der Waals surface area contributed by atoms with Gasteiger partial charge in [-0.15, -0.1) is 12.4 Å². The van der Waals surface area contributed by atoms with Crippen molar-refractivity contribution in [1.29, 1.82) is 0 Å². The van der Waals surface area contributed by atoms with E-state index in [1.807, 2.05) is 11.8 Å². The summed E-state index contributed by atoms with van der Waals surface area (Å²) in [6, 6.07) is 4.70. The second-order valence-corrected chi connectivity index (χ2v) is 6.90. The van der Waals surface area contributed by atoms with Gasteiger partial charge in [-0.1, -0.05) is 6.07 Å². The number of hydrogen-bond acceptors (Lipinski definition) is 4. The molecule has 1 aliphatic rings. The van der Waals surface area contributed by atoms with Gasteiger partial charge in [0.25, 0.3) is 0 Å². The van der Waals surface area contributed by atoms with Gasteiger partial charge in [0.15, 0.2) is 18.1 Å². The third-order valence-corrected chi connectivity index (χ3v) is 4.72. The predicted octanol–water partition coefficient (Wildman–Crippen LogP) is 3.72. The van der Waals surface area contributed by atoms with Crippen LogP contribution in [0.2, 0.25) is 0 Å². The third kappa shape index (κ3) is 7.05. The van der Waals surface area contributed by atoms with E-state index in [2.05, 4.69) is 0 Å². The summed E-state index contributed by atoms with van der Waals surface area (Å²) in [4.78, 5) is 14.5. The van der Waals surface area contributed by atoms with E-state index in [1.165, 1.54) is 13.2 Å². The molecule has 1 aromatic rings. The van der Waals surface area contributed by atoms with Gasteiger partial charge >= 0.3 is 6.18 Å². The molecule has 2 N–H and O–H groups in total. The molecule has 1 saturated heterocycles. The maximum absolute atomic E-state index is 12.6. The lowest BCUT2D eigenvalue weighted by Crippen LogP contribution is -2.51. The lowest BCUT2D eigenvalue weighted by atomic mass is 9.96. The average Bonchev–Trinajstić information content (AvgIpc) is 2.63. The van der Waals surface area contributed by atoms with Crippen molar-refractivity contribution in [3.05, 3.63) is 23.8 Å². The minimum absolute atomic E-state index is 0. The molecule has 0 bridgehead atoms. The summed E-state index contributed by atoms with van der Waals surface area (Å²) >= 11 is 0. The van der Waals surface area contributed by atoms with Crippen LogP contribution in [-0.4, -0.2) is 49.3 Å². The number of carbonyl (C=O) groups excluding carboxylic acids is 1. The number of nitrogens with zero attached hydrogens (tertiary/aromatic N) is 1. The lowest BCUT2D eigenvalue weighted by Gasteiger charge is -2.38. The average molecular weight is 425 g/mol. The number of nitrogens with two attached hydrogens (primary N) is 1. The van der Waals surface area contributed by atoms with Crippen molar-refractivity contribution in [1.82, 2.24) is 4.90 Å². The number of aryl methyl sites for hydroxylation is 1. The number of benzene rings is 1. The monoisotopic (exact) mass is 424 g/mol. The van der Waals surface area contributed by atoms with Gasteiger partial charge in [-0.25, -0.2) is 0 Å². The zero-order valence-corrected chi connectivity index (χ0v) is 16.9. The molecule has 28 heavy (non-hydrogen) atoms. The standard InChI is InChI=1S/C19H27F3N2O3.ClH/c1-13(23)15-5-3-4-10-24(15)18(25)9-7-14-6-8-16(17(11-14)26-2)27-12-19(20,21)22;/h6,8,11,13,15H,3-5,7,9-10,12,23H2,1-2H3;1H. The first-order valence-corrected chi connectivity index (χ1v) is 9.13. The van der Waals surface area contributed by atoms with Gasteiger partial charge in [0.2, 0.25) is 5.91 Å². The number of rotatable bonds is 7. The molecule has 1 heterocycles. The molecular formula is C19H28ClF3N2O3. The first-order valence-electron chi connectivity index (χ1n) is 9.13. The molecule has 2 unspecified atom stereocenters. The molecule has 1 fully saturated rings. The first kappa shape index (κ1) is 24.4. The molecular weight excluding hydrogens is 397 g/mol. The van der Waals surface area contributed by atoms with Gasteiger partial charge in [0, 0.05) is 25.0 Å². The highest BCUT2D eigenvalue weighted by Crippen LogP contribution is 2.30. The molecule has 2 rings (SSSR count). The van der Waals surface area contributed by atoms with E-state index in [0.717, 1.165) is 31.4 Å². The molecule has 1 aromatic carbocycles. The Bertz CT molecular complexity index is 641. The number of halogens is 4. The van der Waals surface area contributed by atoms with Gasteiger partial charge in [-0.2, -0.15) is 13.2 Å².